The molecule has 3 heterocycles. The van der Waals surface area contributed by atoms with Gasteiger partial charge < -0.3 is 13.9 Å². The van der Waals surface area contributed by atoms with Gasteiger partial charge in [0.05, 0.1) is 20.3 Å². The molecule has 0 aliphatic carbocycles. The summed E-state index contributed by atoms with van der Waals surface area (Å²) in [6.07, 6.45) is 4.99. The van der Waals surface area contributed by atoms with Crippen LogP contribution in [0.15, 0.2) is 47.0 Å². The van der Waals surface area contributed by atoms with E-state index in [1.165, 1.54) is 0 Å². The number of hydrogen-bond donors (Lipinski definition) is 0. The molecule has 1 aliphatic heterocycles. The van der Waals surface area contributed by atoms with Crippen LogP contribution in [-0.2, 0) is 6.54 Å². The van der Waals surface area contributed by atoms with Gasteiger partial charge in [-0.05, 0) is 37.6 Å². The number of rotatable bonds is 6. The summed E-state index contributed by atoms with van der Waals surface area (Å²) in [5.41, 5.74) is 1.77. The van der Waals surface area contributed by atoms with Crippen molar-refractivity contribution in [3.8, 4) is 23.1 Å². The lowest BCUT2D eigenvalue weighted by molar-refractivity contribution is 0.117. The summed E-state index contributed by atoms with van der Waals surface area (Å²) in [5.74, 6) is 2.61. The molecule has 0 radical (unpaired) electrons. The Balaban J connectivity index is 1.59. The van der Waals surface area contributed by atoms with Crippen molar-refractivity contribution < 1.29 is 13.9 Å². The van der Waals surface area contributed by atoms with Crippen LogP contribution in [0.3, 0.4) is 0 Å². The first-order valence-corrected chi connectivity index (χ1v) is 9.49. The number of benzene rings is 1. The number of ether oxygens (including phenoxy) is 2. The molecule has 0 saturated carbocycles. The summed E-state index contributed by atoms with van der Waals surface area (Å²) >= 11 is 0. The molecule has 1 fully saturated rings. The highest BCUT2D eigenvalue weighted by molar-refractivity contribution is 5.47. The van der Waals surface area contributed by atoms with Gasteiger partial charge in [0.2, 0.25) is 5.89 Å². The lowest BCUT2D eigenvalue weighted by Crippen LogP contribution is -2.33. The summed E-state index contributed by atoms with van der Waals surface area (Å²) in [5, 5.41) is 8.54. The van der Waals surface area contributed by atoms with Crippen molar-refractivity contribution in [1.29, 1.82) is 0 Å². The van der Waals surface area contributed by atoms with Gasteiger partial charge in [0, 0.05) is 18.3 Å². The minimum atomic E-state index is 0.0784. The predicted octanol–water partition coefficient (Wildman–Crippen LogP) is 3.88. The third-order valence-corrected chi connectivity index (χ3v) is 5.08. The molecular formula is C21H24N4O3. The molecule has 7 nitrogen and oxygen atoms in total. The quantitative estimate of drug-likeness (QED) is 0.642. The van der Waals surface area contributed by atoms with Crippen LogP contribution >= 0.6 is 0 Å². The second-order valence-corrected chi connectivity index (χ2v) is 6.80. The third-order valence-electron chi connectivity index (χ3n) is 5.08. The zero-order valence-corrected chi connectivity index (χ0v) is 16.2. The van der Waals surface area contributed by atoms with Crippen LogP contribution in [0.5, 0.6) is 11.5 Å². The highest BCUT2D eigenvalue weighted by atomic mass is 16.5. The number of piperidine rings is 1. The second-order valence-electron chi connectivity index (χ2n) is 6.80. The van der Waals surface area contributed by atoms with E-state index in [4.69, 9.17) is 13.9 Å². The monoisotopic (exact) mass is 380 g/mol. The number of aromatic nitrogens is 3. The summed E-state index contributed by atoms with van der Waals surface area (Å²) in [7, 11) is 3.33. The number of methoxy groups -OCH3 is 2. The Morgan fingerprint density at radius 2 is 2.00 bits per heavy atom. The van der Waals surface area contributed by atoms with Crippen LogP contribution in [0.2, 0.25) is 0 Å². The average molecular weight is 380 g/mol. The second kappa shape index (κ2) is 8.39. The van der Waals surface area contributed by atoms with Gasteiger partial charge in [-0.25, -0.2) is 0 Å². The number of likely N-dealkylation sites (tertiary alicyclic amines) is 1. The third kappa shape index (κ3) is 3.71. The molecule has 1 aliphatic rings. The first-order chi connectivity index (χ1) is 13.8. The van der Waals surface area contributed by atoms with Crippen LogP contribution in [0.1, 0.15) is 36.8 Å². The Morgan fingerprint density at radius 1 is 1.07 bits per heavy atom. The molecule has 1 unspecified atom stereocenters. The van der Waals surface area contributed by atoms with E-state index in [1.54, 1.807) is 20.4 Å². The van der Waals surface area contributed by atoms with Gasteiger partial charge in [-0.3, -0.25) is 9.88 Å². The lowest BCUT2D eigenvalue weighted by atomic mass is 10.0. The molecule has 0 amide bonds. The Bertz CT molecular complexity index is 913. The SMILES string of the molecule is COc1cccc(CN2CCCCC2c2nnc(-c3ccccn3)o2)c1OC. The zero-order chi connectivity index (χ0) is 19.3. The molecule has 1 aromatic carbocycles. The Kier molecular flexibility index (Phi) is 5.53. The number of nitrogens with zero attached hydrogens (tertiary/aromatic N) is 4. The maximum absolute atomic E-state index is 6.00. The van der Waals surface area contributed by atoms with Crippen molar-refractivity contribution in [1.82, 2.24) is 20.1 Å². The molecule has 0 bridgehead atoms. The van der Waals surface area contributed by atoms with Crippen LogP contribution in [0, 0.1) is 0 Å². The first-order valence-electron chi connectivity index (χ1n) is 9.49. The summed E-state index contributed by atoms with van der Waals surface area (Å²) in [6.45, 7) is 1.69. The molecule has 7 heteroatoms. The molecule has 1 saturated heterocycles. The summed E-state index contributed by atoms with van der Waals surface area (Å²) in [4.78, 5) is 6.67. The molecule has 28 heavy (non-hydrogen) atoms. The van der Waals surface area contributed by atoms with Gasteiger partial charge in [-0.15, -0.1) is 10.2 Å². The highest BCUT2D eigenvalue weighted by Gasteiger charge is 2.30. The van der Waals surface area contributed by atoms with E-state index in [-0.39, 0.29) is 6.04 Å². The van der Waals surface area contributed by atoms with Crippen molar-refractivity contribution in [3.63, 3.8) is 0 Å². The van der Waals surface area contributed by atoms with Crippen molar-refractivity contribution in [2.75, 3.05) is 20.8 Å². The first kappa shape index (κ1) is 18.4. The number of para-hydroxylation sites is 1. The van der Waals surface area contributed by atoms with E-state index in [9.17, 15) is 0 Å². The zero-order valence-electron chi connectivity index (χ0n) is 16.2. The van der Waals surface area contributed by atoms with E-state index in [2.05, 4.69) is 26.1 Å². The maximum Gasteiger partial charge on any atom is 0.266 e. The number of pyridine rings is 1. The van der Waals surface area contributed by atoms with Crippen LogP contribution in [0.4, 0.5) is 0 Å². The van der Waals surface area contributed by atoms with E-state index in [0.717, 1.165) is 49.4 Å². The molecular weight excluding hydrogens is 356 g/mol. The predicted molar refractivity (Wildman–Crippen MR) is 104 cm³/mol. The van der Waals surface area contributed by atoms with Crippen LogP contribution in [-0.4, -0.2) is 40.8 Å². The molecule has 2 aromatic heterocycles. The topological polar surface area (TPSA) is 73.5 Å². The highest BCUT2D eigenvalue weighted by Crippen LogP contribution is 2.36. The molecule has 0 spiro atoms. The maximum atomic E-state index is 6.00. The fourth-order valence-corrected chi connectivity index (χ4v) is 3.72. The van der Waals surface area contributed by atoms with Gasteiger partial charge in [-0.2, -0.15) is 0 Å². The minimum Gasteiger partial charge on any atom is -0.493 e. The van der Waals surface area contributed by atoms with Gasteiger partial charge in [0.1, 0.15) is 5.69 Å². The van der Waals surface area contributed by atoms with Crippen molar-refractivity contribution >= 4 is 0 Å². The molecule has 1 atom stereocenters. The van der Waals surface area contributed by atoms with E-state index in [1.807, 2.05) is 30.3 Å². The number of hydrogen-bond acceptors (Lipinski definition) is 7. The fourth-order valence-electron chi connectivity index (χ4n) is 3.72. The van der Waals surface area contributed by atoms with Gasteiger partial charge >= 0.3 is 0 Å². The van der Waals surface area contributed by atoms with E-state index in [0.29, 0.717) is 17.5 Å². The normalized spacial score (nSPS) is 17.4. The van der Waals surface area contributed by atoms with E-state index >= 15 is 0 Å². The lowest BCUT2D eigenvalue weighted by Gasteiger charge is -2.33. The Morgan fingerprint density at radius 3 is 2.79 bits per heavy atom. The van der Waals surface area contributed by atoms with E-state index < -0.39 is 0 Å². The van der Waals surface area contributed by atoms with Gasteiger partial charge in [0.25, 0.3) is 5.89 Å². The van der Waals surface area contributed by atoms with Crippen molar-refractivity contribution in [2.24, 2.45) is 0 Å². The fraction of sp³-hybridized carbons (Fsp3) is 0.381. The van der Waals surface area contributed by atoms with Crippen LogP contribution < -0.4 is 9.47 Å². The van der Waals surface area contributed by atoms with Crippen LogP contribution in [0.25, 0.3) is 11.6 Å². The van der Waals surface area contributed by atoms with Crippen molar-refractivity contribution in [3.05, 3.63) is 54.0 Å². The van der Waals surface area contributed by atoms with Gasteiger partial charge in [0.15, 0.2) is 11.5 Å². The minimum absolute atomic E-state index is 0.0784. The molecule has 4 rings (SSSR count). The smallest absolute Gasteiger partial charge is 0.266 e. The Hall–Kier alpha value is -2.93. The molecule has 0 N–H and O–H groups in total. The largest absolute Gasteiger partial charge is 0.493 e. The Labute approximate surface area is 164 Å². The summed E-state index contributed by atoms with van der Waals surface area (Å²) in [6, 6.07) is 11.7. The molecule has 3 aromatic rings. The standard InChI is InChI=1S/C21H24N4O3/c1-26-18-11-7-8-15(19(18)27-2)14-25-13-6-4-10-17(25)21-24-23-20(28-21)16-9-3-5-12-22-16/h3,5,7-9,11-12,17H,4,6,10,13-14H2,1-2H3. The summed E-state index contributed by atoms with van der Waals surface area (Å²) < 4.78 is 17.0. The van der Waals surface area contributed by atoms with Gasteiger partial charge in [-0.1, -0.05) is 24.6 Å². The molecule has 146 valence electrons. The van der Waals surface area contributed by atoms with Crippen molar-refractivity contribution in [2.45, 2.75) is 31.8 Å². The average Bonchev–Trinajstić information content (AvgIpc) is 3.24.